The molecule has 0 radical (unpaired) electrons. The van der Waals surface area contributed by atoms with Crippen LogP contribution in [-0.4, -0.2) is 59.4 Å². The van der Waals surface area contributed by atoms with Gasteiger partial charge in [0.2, 0.25) is 0 Å². The van der Waals surface area contributed by atoms with Crippen LogP contribution in [0.4, 0.5) is 0 Å². The number of nitrogens with zero attached hydrogens (tertiary/aromatic N) is 3. The van der Waals surface area contributed by atoms with Gasteiger partial charge >= 0.3 is 0 Å². The van der Waals surface area contributed by atoms with Gasteiger partial charge in [0.1, 0.15) is 23.3 Å². The number of amides is 1. The third-order valence-corrected chi connectivity index (χ3v) is 7.00. The molecule has 1 fully saturated rings. The number of para-hydroxylation sites is 1. The molecule has 1 saturated heterocycles. The topological polar surface area (TPSA) is 89.6 Å². The predicted molar refractivity (Wildman–Crippen MR) is 131 cm³/mol. The number of hydrogen-bond donors (Lipinski definition) is 1. The summed E-state index contributed by atoms with van der Waals surface area (Å²) >= 11 is 1.57. The molecule has 8 nitrogen and oxygen atoms in total. The number of ether oxygens (including phenoxy) is 3. The van der Waals surface area contributed by atoms with Gasteiger partial charge in [0, 0.05) is 31.5 Å². The maximum Gasteiger partial charge on any atom is 0.274 e. The number of rotatable bonds is 6. The molecule has 3 heterocycles. The first-order valence-corrected chi connectivity index (χ1v) is 12.0. The predicted octanol–water partition coefficient (Wildman–Crippen LogP) is 4.70. The normalized spacial score (nSPS) is 14.4. The molecule has 9 heteroatoms. The molecule has 0 bridgehead atoms. The molecule has 0 spiro atoms. The van der Waals surface area contributed by atoms with Crippen LogP contribution in [0.2, 0.25) is 0 Å². The van der Waals surface area contributed by atoms with E-state index in [0.29, 0.717) is 41.2 Å². The number of fused-ring (bicyclic) bond motifs is 1. The van der Waals surface area contributed by atoms with Gasteiger partial charge in [0.05, 0.1) is 30.1 Å². The first-order valence-electron chi connectivity index (χ1n) is 11.2. The molecule has 4 aromatic rings. The molecule has 1 N–H and O–H groups in total. The number of thiazole rings is 1. The quantitative estimate of drug-likeness (QED) is 0.432. The van der Waals surface area contributed by atoms with E-state index in [1.54, 1.807) is 31.6 Å². The van der Waals surface area contributed by atoms with Gasteiger partial charge in [-0.2, -0.15) is 5.10 Å². The average Bonchev–Trinajstić information content (AvgIpc) is 3.52. The van der Waals surface area contributed by atoms with Gasteiger partial charge in [-0.05, 0) is 42.8 Å². The molecular formula is C25H26N4O4S. The molecule has 176 valence electrons. The van der Waals surface area contributed by atoms with Gasteiger partial charge in [0.25, 0.3) is 11.1 Å². The summed E-state index contributed by atoms with van der Waals surface area (Å²) in [5, 5.41) is 7.92. The second-order valence-corrected chi connectivity index (χ2v) is 9.24. The van der Waals surface area contributed by atoms with E-state index in [4.69, 9.17) is 14.2 Å². The molecule has 1 aliphatic rings. The summed E-state index contributed by atoms with van der Waals surface area (Å²) in [6.45, 7) is 3.29. The Hall–Kier alpha value is -3.59. The number of aromatic nitrogens is 3. The molecule has 0 aliphatic carbocycles. The summed E-state index contributed by atoms with van der Waals surface area (Å²) in [4.78, 5) is 19.6. The van der Waals surface area contributed by atoms with Gasteiger partial charge in [-0.3, -0.25) is 9.89 Å². The Morgan fingerprint density at radius 2 is 1.94 bits per heavy atom. The molecular weight excluding hydrogens is 452 g/mol. The highest BCUT2D eigenvalue weighted by Gasteiger charge is 2.27. The van der Waals surface area contributed by atoms with Crippen LogP contribution in [0.25, 0.3) is 21.5 Å². The van der Waals surface area contributed by atoms with E-state index >= 15 is 0 Å². The minimum absolute atomic E-state index is 0.0447. The Kier molecular flexibility index (Phi) is 6.10. The lowest BCUT2D eigenvalue weighted by Crippen LogP contribution is -2.41. The smallest absolute Gasteiger partial charge is 0.274 e. The molecule has 34 heavy (non-hydrogen) atoms. The van der Waals surface area contributed by atoms with E-state index in [1.807, 2.05) is 29.2 Å². The highest BCUT2D eigenvalue weighted by molar-refractivity contribution is 7.20. The van der Waals surface area contributed by atoms with Gasteiger partial charge in [-0.1, -0.05) is 23.5 Å². The Morgan fingerprint density at radius 1 is 1.12 bits per heavy atom. The van der Waals surface area contributed by atoms with Crippen LogP contribution >= 0.6 is 11.3 Å². The average molecular weight is 479 g/mol. The van der Waals surface area contributed by atoms with Crippen molar-refractivity contribution < 1.29 is 19.0 Å². The fraction of sp³-hybridized carbons (Fsp3) is 0.320. The lowest BCUT2D eigenvalue weighted by atomic mass is 10.1. The number of methoxy groups -OCH3 is 2. The van der Waals surface area contributed by atoms with Gasteiger partial charge in [-0.25, -0.2) is 4.98 Å². The monoisotopic (exact) mass is 478 g/mol. The lowest BCUT2D eigenvalue weighted by Gasteiger charge is -2.31. The van der Waals surface area contributed by atoms with Crippen LogP contribution in [0.5, 0.6) is 16.7 Å². The summed E-state index contributed by atoms with van der Waals surface area (Å²) in [7, 11) is 3.21. The Labute approximate surface area is 201 Å². The summed E-state index contributed by atoms with van der Waals surface area (Å²) in [5.41, 5.74) is 3.98. The molecule has 1 aliphatic heterocycles. The van der Waals surface area contributed by atoms with Crippen molar-refractivity contribution in [2.75, 3.05) is 27.3 Å². The fourth-order valence-electron chi connectivity index (χ4n) is 4.19. The largest absolute Gasteiger partial charge is 0.497 e. The summed E-state index contributed by atoms with van der Waals surface area (Å²) in [5.74, 6) is 1.28. The van der Waals surface area contributed by atoms with Crippen molar-refractivity contribution in [2.24, 2.45) is 0 Å². The standard InChI is InChI=1S/C25H26N4O4S/c1-15-5-4-6-22-23(15)26-25(34-22)33-16-9-11-29(12-10-16)24(30)20-14-19(27-28-20)18-13-17(31-2)7-8-21(18)32-3/h4-8,13-14,16H,9-12H2,1-3H3,(H,27,28). The number of likely N-dealkylation sites (tertiary alicyclic amines) is 1. The van der Waals surface area contributed by atoms with Crippen molar-refractivity contribution in [3.63, 3.8) is 0 Å². The van der Waals surface area contributed by atoms with Crippen molar-refractivity contribution in [1.82, 2.24) is 20.1 Å². The van der Waals surface area contributed by atoms with E-state index in [1.165, 1.54) is 0 Å². The van der Waals surface area contributed by atoms with Crippen molar-refractivity contribution in [3.8, 4) is 28.0 Å². The first kappa shape index (κ1) is 22.2. The second-order valence-electron chi connectivity index (χ2n) is 8.24. The van der Waals surface area contributed by atoms with Gasteiger partial charge in [0.15, 0.2) is 0 Å². The Balaban J connectivity index is 1.23. The van der Waals surface area contributed by atoms with Crippen LogP contribution in [-0.2, 0) is 0 Å². The zero-order valence-corrected chi connectivity index (χ0v) is 20.1. The number of piperidine rings is 1. The molecule has 2 aromatic heterocycles. The van der Waals surface area contributed by atoms with Crippen LogP contribution in [0.15, 0.2) is 42.5 Å². The number of aryl methyl sites for hydroxylation is 1. The van der Waals surface area contributed by atoms with E-state index in [9.17, 15) is 4.79 Å². The fourth-order valence-corrected chi connectivity index (χ4v) is 5.15. The summed E-state index contributed by atoms with van der Waals surface area (Å²) in [6, 6.07) is 13.4. The highest BCUT2D eigenvalue weighted by Crippen LogP contribution is 2.33. The van der Waals surface area contributed by atoms with Crippen molar-refractivity contribution in [1.29, 1.82) is 0 Å². The molecule has 2 aromatic carbocycles. The number of aromatic amines is 1. The number of hydrogen-bond acceptors (Lipinski definition) is 7. The first-order chi connectivity index (χ1) is 16.6. The van der Waals surface area contributed by atoms with Crippen LogP contribution in [0.1, 0.15) is 28.9 Å². The van der Waals surface area contributed by atoms with Crippen molar-refractivity contribution in [2.45, 2.75) is 25.9 Å². The number of benzene rings is 2. The van der Waals surface area contributed by atoms with E-state index < -0.39 is 0 Å². The second kappa shape index (κ2) is 9.34. The zero-order chi connectivity index (χ0) is 23.7. The lowest BCUT2D eigenvalue weighted by molar-refractivity contribution is 0.0590. The number of H-pyrrole nitrogens is 1. The van der Waals surface area contributed by atoms with Crippen LogP contribution in [0.3, 0.4) is 0 Å². The summed E-state index contributed by atoms with van der Waals surface area (Å²) in [6.07, 6.45) is 1.56. The summed E-state index contributed by atoms with van der Waals surface area (Å²) < 4.78 is 18.1. The minimum Gasteiger partial charge on any atom is -0.497 e. The van der Waals surface area contributed by atoms with E-state index in [0.717, 1.165) is 34.2 Å². The molecule has 0 atom stereocenters. The SMILES string of the molecule is COc1ccc(OC)c(-c2cc(C(=O)N3CCC(Oc4nc5c(C)cccc5s4)CC3)[nH]n2)c1. The third-order valence-electron chi connectivity index (χ3n) is 6.09. The van der Waals surface area contributed by atoms with Crippen LogP contribution in [0, 0.1) is 6.92 Å². The maximum atomic E-state index is 13.1. The Morgan fingerprint density at radius 3 is 2.68 bits per heavy atom. The van der Waals surface area contributed by atoms with Crippen LogP contribution < -0.4 is 14.2 Å². The zero-order valence-electron chi connectivity index (χ0n) is 19.3. The van der Waals surface area contributed by atoms with Gasteiger partial charge < -0.3 is 19.1 Å². The van der Waals surface area contributed by atoms with Crippen molar-refractivity contribution >= 4 is 27.5 Å². The number of carbonyl (C=O) groups excluding carboxylic acids is 1. The van der Waals surface area contributed by atoms with E-state index in [2.05, 4.69) is 34.2 Å². The highest BCUT2D eigenvalue weighted by atomic mass is 32.1. The maximum absolute atomic E-state index is 13.1. The van der Waals surface area contributed by atoms with Crippen molar-refractivity contribution in [3.05, 3.63) is 53.7 Å². The minimum atomic E-state index is -0.0744. The number of carbonyl (C=O) groups is 1. The third kappa shape index (κ3) is 4.31. The number of nitrogens with one attached hydrogen (secondary N) is 1. The molecule has 0 unspecified atom stereocenters. The molecule has 0 saturated carbocycles. The molecule has 1 amide bonds. The Bertz CT molecular complexity index is 1320. The molecule has 5 rings (SSSR count). The van der Waals surface area contributed by atoms with Gasteiger partial charge in [-0.15, -0.1) is 0 Å². The van der Waals surface area contributed by atoms with E-state index in [-0.39, 0.29) is 12.0 Å².